The maximum absolute atomic E-state index is 13.2. The van der Waals surface area contributed by atoms with Crippen molar-refractivity contribution < 1.29 is 28.5 Å². The summed E-state index contributed by atoms with van der Waals surface area (Å²) in [5.41, 5.74) is 4.14. The molecule has 0 saturated heterocycles. The number of carbonyl (C=O) groups is 2. The number of halogens is 2. The molecule has 368 valence electrons. The predicted molar refractivity (Wildman–Crippen MR) is 285 cm³/mol. The topological polar surface area (TPSA) is 96.8 Å². The van der Waals surface area contributed by atoms with Gasteiger partial charge in [0.25, 0.3) is 0 Å². The van der Waals surface area contributed by atoms with Crippen molar-refractivity contribution in [3.63, 3.8) is 0 Å². The molecule has 10 heteroatoms. The van der Waals surface area contributed by atoms with Gasteiger partial charge in [0, 0.05) is 5.56 Å². The molecule has 0 radical (unpaired) electrons. The van der Waals surface area contributed by atoms with Crippen molar-refractivity contribution in [2.24, 2.45) is 0 Å². The van der Waals surface area contributed by atoms with Crippen LogP contribution in [0.5, 0.6) is 23.0 Å². The van der Waals surface area contributed by atoms with Gasteiger partial charge in [-0.25, -0.2) is 9.59 Å². The molecule has 0 aliphatic carbocycles. The molecule has 8 nitrogen and oxygen atoms in total. The van der Waals surface area contributed by atoms with Crippen LogP contribution in [0.1, 0.15) is 191 Å². The van der Waals surface area contributed by atoms with E-state index in [0.717, 1.165) is 36.0 Å². The summed E-state index contributed by atoms with van der Waals surface area (Å²) in [6, 6.07) is 26.7. The number of unbranched alkanes of at least 4 members (excludes halogenated alkanes) is 18. The molecular formula is C59H72Cl2N2O6. The normalized spacial score (nSPS) is 11.4. The summed E-state index contributed by atoms with van der Waals surface area (Å²) >= 11 is 13.1. The SMILES string of the molecule is CCCCCCCCCCCCOc1ccc(/C=C/c2ccc(C(=O)Oc3cccc(OC(=O)c4ccc(/C=C/c5ccc(OCCCCCCCCCCCC)c(Cl)c5)nn4)c3C)cc2)cc1Cl. The van der Waals surface area contributed by atoms with E-state index in [1.54, 1.807) is 55.5 Å². The lowest BCUT2D eigenvalue weighted by molar-refractivity contribution is 0.0724. The largest absolute Gasteiger partial charge is 0.492 e. The van der Waals surface area contributed by atoms with E-state index in [9.17, 15) is 9.59 Å². The van der Waals surface area contributed by atoms with E-state index >= 15 is 0 Å². The molecule has 0 bridgehead atoms. The number of carbonyl (C=O) groups excluding carboxylic acids is 2. The molecule has 0 spiro atoms. The van der Waals surface area contributed by atoms with Gasteiger partial charge in [-0.3, -0.25) is 0 Å². The lowest BCUT2D eigenvalue weighted by Gasteiger charge is -2.12. The van der Waals surface area contributed by atoms with E-state index in [0.29, 0.717) is 51.6 Å². The second kappa shape index (κ2) is 31.6. The first-order valence-electron chi connectivity index (χ1n) is 25.4. The first-order chi connectivity index (χ1) is 33.7. The van der Waals surface area contributed by atoms with E-state index in [1.807, 2.05) is 66.8 Å². The van der Waals surface area contributed by atoms with Crippen molar-refractivity contribution in [1.29, 1.82) is 0 Å². The molecule has 0 fully saturated rings. The quantitative estimate of drug-likeness (QED) is 0.0182. The first kappa shape index (κ1) is 54.5. The molecule has 0 amide bonds. The first-order valence-corrected chi connectivity index (χ1v) is 26.2. The number of aromatic nitrogens is 2. The molecule has 0 aliphatic rings. The Morgan fingerprint density at radius 1 is 0.464 bits per heavy atom. The summed E-state index contributed by atoms with van der Waals surface area (Å²) in [5.74, 6) is 0.629. The Labute approximate surface area is 421 Å². The van der Waals surface area contributed by atoms with Gasteiger partial charge in [-0.05, 0) is 103 Å². The minimum atomic E-state index is -0.695. The average molecular weight is 976 g/mol. The fourth-order valence-corrected chi connectivity index (χ4v) is 8.28. The monoisotopic (exact) mass is 974 g/mol. The Hall–Kier alpha value is -5.44. The van der Waals surface area contributed by atoms with Gasteiger partial charge in [-0.1, -0.05) is 201 Å². The zero-order valence-corrected chi connectivity index (χ0v) is 42.6. The van der Waals surface area contributed by atoms with Crippen molar-refractivity contribution in [3.05, 3.63) is 140 Å². The molecule has 1 heterocycles. The second-order valence-corrected chi connectivity index (χ2v) is 18.5. The number of hydrogen-bond acceptors (Lipinski definition) is 8. The van der Waals surface area contributed by atoms with Crippen LogP contribution in [0.4, 0.5) is 0 Å². The highest BCUT2D eigenvalue weighted by atomic mass is 35.5. The molecule has 0 aliphatic heterocycles. The number of nitrogens with zero attached hydrogens (tertiary/aromatic N) is 2. The van der Waals surface area contributed by atoms with Gasteiger partial charge in [0.15, 0.2) is 5.69 Å². The van der Waals surface area contributed by atoms with Gasteiger partial charge in [-0.2, -0.15) is 5.10 Å². The van der Waals surface area contributed by atoms with E-state index < -0.39 is 11.9 Å². The number of hydrogen-bond donors (Lipinski definition) is 0. The smallest absolute Gasteiger partial charge is 0.364 e. The van der Waals surface area contributed by atoms with Crippen LogP contribution in [-0.4, -0.2) is 35.3 Å². The summed E-state index contributed by atoms with van der Waals surface area (Å²) in [6.07, 6.45) is 33.1. The molecule has 1 aromatic heterocycles. The zero-order chi connectivity index (χ0) is 48.9. The van der Waals surface area contributed by atoms with Crippen LogP contribution in [0, 0.1) is 6.92 Å². The van der Waals surface area contributed by atoms with Gasteiger partial charge >= 0.3 is 11.9 Å². The number of benzene rings is 4. The Kier molecular flexibility index (Phi) is 25.0. The summed E-state index contributed by atoms with van der Waals surface area (Å²) in [6.45, 7) is 7.53. The third kappa shape index (κ3) is 20.2. The number of ether oxygens (including phenoxy) is 4. The van der Waals surface area contributed by atoms with Crippen LogP contribution < -0.4 is 18.9 Å². The van der Waals surface area contributed by atoms with Gasteiger partial charge in [0.1, 0.15) is 23.0 Å². The van der Waals surface area contributed by atoms with Crippen LogP contribution in [0.15, 0.2) is 91.0 Å². The average Bonchev–Trinajstić information content (AvgIpc) is 3.36. The molecule has 0 saturated carbocycles. The fraction of sp³-hybridized carbons (Fsp3) is 0.424. The van der Waals surface area contributed by atoms with Crippen molar-refractivity contribution >= 4 is 59.4 Å². The van der Waals surface area contributed by atoms with Crippen LogP contribution in [-0.2, 0) is 0 Å². The Morgan fingerprint density at radius 2 is 0.899 bits per heavy atom. The van der Waals surface area contributed by atoms with E-state index in [2.05, 4.69) is 24.0 Å². The Morgan fingerprint density at radius 3 is 1.36 bits per heavy atom. The minimum Gasteiger partial charge on any atom is -0.492 e. The summed E-state index contributed by atoms with van der Waals surface area (Å²) in [5, 5.41) is 9.40. The fourth-order valence-electron chi connectivity index (χ4n) is 7.79. The van der Waals surface area contributed by atoms with E-state index in [-0.39, 0.29) is 17.2 Å². The van der Waals surface area contributed by atoms with E-state index in [4.69, 9.17) is 42.1 Å². The van der Waals surface area contributed by atoms with Gasteiger partial charge in [0.2, 0.25) is 0 Å². The van der Waals surface area contributed by atoms with Gasteiger partial charge in [-0.15, -0.1) is 5.10 Å². The molecule has 0 unspecified atom stereocenters. The van der Waals surface area contributed by atoms with Crippen LogP contribution in [0.2, 0.25) is 10.0 Å². The highest BCUT2D eigenvalue weighted by molar-refractivity contribution is 6.32. The third-order valence-electron chi connectivity index (χ3n) is 12.0. The lowest BCUT2D eigenvalue weighted by atomic mass is 10.1. The zero-order valence-electron chi connectivity index (χ0n) is 41.1. The standard InChI is InChI=1S/C59H72Cl2N2O6/c1-4-6-8-10-12-14-16-18-20-22-41-66-56-39-32-47(43-51(56)60)28-27-46-29-34-49(35-30-46)58(64)68-54-25-24-26-55(45(54)3)69-59(65)53-38-37-50(62-63-53)36-31-48-33-40-57(52(61)44-48)67-42-23-21-19-17-15-13-11-9-7-5-2/h24-40,43-44H,4-23,41-42H2,1-3H3/b28-27+,36-31+. The van der Waals surface area contributed by atoms with Crippen LogP contribution in [0.3, 0.4) is 0 Å². The molecule has 5 rings (SSSR count). The molecule has 0 N–H and O–H groups in total. The molecule has 4 aromatic carbocycles. The second-order valence-electron chi connectivity index (χ2n) is 17.7. The van der Waals surface area contributed by atoms with Crippen LogP contribution in [0.25, 0.3) is 24.3 Å². The maximum Gasteiger partial charge on any atom is 0.364 e. The van der Waals surface area contributed by atoms with Gasteiger partial charge < -0.3 is 18.9 Å². The van der Waals surface area contributed by atoms with Crippen LogP contribution >= 0.6 is 23.2 Å². The van der Waals surface area contributed by atoms with Crippen molar-refractivity contribution in [1.82, 2.24) is 10.2 Å². The number of rotatable bonds is 32. The highest BCUT2D eigenvalue weighted by Crippen LogP contribution is 2.30. The molecule has 0 atom stereocenters. The summed E-state index contributed by atoms with van der Waals surface area (Å²) in [4.78, 5) is 26.3. The maximum atomic E-state index is 13.2. The Bertz CT molecular complexity index is 2200. The van der Waals surface area contributed by atoms with Crippen molar-refractivity contribution in [3.8, 4) is 23.0 Å². The summed E-state index contributed by atoms with van der Waals surface area (Å²) < 4.78 is 23.3. The summed E-state index contributed by atoms with van der Waals surface area (Å²) in [7, 11) is 0. The predicted octanol–water partition coefficient (Wildman–Crippen LogP) is 17.5. The van der Waals surface area contributed by atoms with Gasteiger partial charge in [0.05, 0.1) is 34.5 Å². The van der Waals surface area contributed by atoms with E-state index in [1.165, 1.54) is 109 Å². The molecular weight excluding hydrogens is 904 g/mol. The lowest BCUT2D eigenvalue weighted by Crippen LogP contribution is -2.13. The highest BCUT2D eigenvalue weighted by Gasteiger charge is 2.17. The Balaban J connectivity index is 1.02. The van der Waals surface area contributed by atoms with Crippen molar-refractivity contribution in [2.45, 2.75) is 149 Å². The third-order valence-corrected chi connectivity index (χ3v) is 12.6. The minimum absolute atomic E-state index is 0.0268. The molecule has 5 aromatic rings. The number of esters is 2. The van der Waals surface area contributed by atoms with Crippen molar-refractivity contribution in [2.75, 3.05) is 13.2 Å². The molecule has 69 heavy (non-hydrogen) atoms.